The van der Waals surface area contributed by atoms with E-state index in [4.69, 9.17) is 0 Å². The average Bonchev–Trinajstić information content (AvgIpc) is 3.34. The van der Waals surface area contributed by atoms with E-state index in [1.54, 1.807) is 12.4 Å². The second-order valence-corrected chi connectivity index (χ2v) is 6.45. The second-order valence-electron chi connectivity index (χ2n) is 6.45. The molecule has 3 N–H and O–H groups in total. The lowest BCUT2D eigenvalue weighted by atomic mass is 10.0. The third kappa shape index (κ3) is 2.75. The lowest BCUT2D eigenvalue weighted by molar-refractivity contribution is 0.102. The lowest BCUT2D eigenvalue weighted by Crippen LogP contribution is -2.11. The first-order valence-electron chi connectivity index (χ1n) is 8.69. The summed E-state index contributed by atoms with van der Waals surface area (Å²) in [7, 11) is 0. The quantitative estimate of drug-likeness (QED) is 0.429. The number of rotatable bonds is 3. The van der Waals surface area contributed by atoms with Gasteiger partial charge >= 0.3 is 0 Å². The van der Waals surface area contributed by atoms with Crippen LogP contribution in [0.5, 0.6) is 0 Å². The molecule has 1 amide bonds. The van der Waals surface area contributed by atoms with Crippen LogP contribution in [0.25, 0.3) is 32.9 Å². The average molecular weight is 352 g/mol. The maximum Gasteiger partial charge on any atom is 0.257 e. The Morgan fingerprint density at radius 1 is 0.889 bits per heavy atom. The zero-order valence-corrected chi connectivity index (χ0v) is 14.4. The van der Waals surface area contributed by atoms with Crippen molar-refractivity contribution in [2.45, 2.75) is 0 Å². The van der Waals surface area contributed by atoms with Gasteiger partial charge in [-0.2, -0.15) is 5.10 Å². The van der Waals surface area contributed by atoms with Crippen LogP contribution in [0.3, 0.4) is 0 Å². The first-order chi connectivity index (χ1) is 13.3. The maximum atomic E-state index is 12.8. The molecule has 0 saturated carbocycles. The Balaban J connectivity index is 1.46. The standard InChI is InChI=1S/C22H16N4O/c27-22(25-17-7-9-20-16(10-17)12-24-26-20)19-13-23-21-11-15(6-8-18(19)21)14-4-2-1-3-5-14/h1-13,23H,(H,24,26)(H,25,27). The summed E-state index contributed by atoms with van der Waals surface area (Å²) in [6.07, 6.45) is 3.49. The van der Waals surface area contributed by atoms with Crippen LogP contribution in [0.1, 0.15) is 10.4 Å². The summed E-state index contributed by atoms with van der Waals surface area (Å²) >= 11 is 0. The van der Waals surface area contributed by atoms with Crippen LogP contribution >= 0.6 is 0 Å². The molecule has 0 aliphatic rings. The van der Waals surface area contributed by atoms with E-state index >= 15 is 0 Å². The molecule has 5 rings (SSSR count). The fourth-order valence-electron chi connectivity index (χ4n) is 3.34. The van der Waals surface area contributed by atoms with Crippen molar-refractivity contribution in [1.82, 2.24) is 15.2 Å². The van der Waals surface area contributed by atoms with Gasteiger partial charge in [-0.3, -0.25) is 9.89 Å². The Hall–Kier alpha value is -3.86. The van der Waals surface area contributed by atoms with Gasteiger partial charge in [-0.25, -0.2) is 0 Å². The summed E-state index contributed by atoms with van der Waals surface area (Å²) in [6, 6.07) is 21.9. The van der Waals surface area contributed by atoms with Gasteiger partial charge in [0.2, 0.25) is 0 Å². The number of nitrogens with one attached hydrogen (secondary N) is 3. The zero-order valence-electron chi connectivity index (χ0n) is 14.4. The lowest BCUT2D eigenvalue weighted by Gasteiger charge is -2.05. The predicted molar refractivity (Wildman–Crippen MR) is 108 cm³/mol. The molecular weight excluding hydrogens is 336 g/mol. The van der Waals surface area contributed by atoms with Crippen molar-refractivity contribution in [1.29, 1.82) is 0 Å². The molecule has 0 spiro atoms. The molecule has 0 saturated heterocycles. The Morgan fingerprint density at radius 3 is 2.67 bits per heavy atom. The molecule has 0 atom stereocenters. The summed E-state index contributed by atoms with van der Waals surface area (Å²) in [5.74, 6) is -0.142. The number of H-pyrrole nitrogens is 2. The zero-order chi connectivity index (χ0) is 18.2. The highest BCUT2D eigenvalue weighted by molar-refractivity contribution is 6.13. The van der Waals surface area contributed by atoms with Gasteiger partial charge in [0, 0.05) is 28.2 Å². The number of nitrogens with zero attached hydrogens (tertiary/aromatic N) is 1. The maximum absolute atomic E-state index is 12.8. The Morgan fingerprint density at radius 2 is 1.78 bits per heavy atom. The molecule has 0 fully saturated rings. The van der Waals surface area contributed by atoms with E-state index in [1.807, 2.05) is 48.5 Å². The van der Waals surface area contributed by atoms with Crippen molar-refractivity contribution >= 4 is 33.4 Å². The number of carbonyl (C=O) groups excluding carboxylic acids is 1. The molecule has 2 aromatic heterocycles. The van der Waals surface area contributed by atoms with Gasteiger partial charge in [-0.1, -0.05) is 42.5 Å². The van der Waals surface area contributed by atoms with Crippen molar-refractivity contribution in [2.24, 2.45) is 0 Å². The molecule has 0 radical (unpaired) electrons. The minimum absolute atomic E-state index is 0.142. The summed E-state index contributed by atoms with van der Waals surface area (Å²) in [5.41, 5.74) is 5.50. The van der Waals surface area contributed by atoms with Crippen molar-refractivity contribution in [3.05, 3.63) is 84.7 Å². The van der Waals surface area contributed by atoms with Gasteiger partial charge in [0.1, 0.15) is 0 Å². The normalized spacial score (nSPS) is 11.1. The van der Waals surface area contributed by atoms with Gasteiger partial charge in [-0.05, 0) is 35.4 Å². The number of aromatic nitrogens is 3. The first-order valence-corrected chi connectivity index (χ1v) is 8.69. The number of fused-ring (bicyclic) bond motifs is 2. The van der Waals surface area contributed by atoms with Crippen LogP contribution < -0.4 is 5.32 Å². The molecule has 27 heavy (non-hydrogen) atoms. The van der Waals surface area contributed by atoms with Crippen LogP contribution in [-0.2, 0) is 0 Å². The van der Waals surface area contributed by atoms with Crippen LogP contribution in [0.15, 0.2) is 79.1 Å². The van der Waals surface area contributed by atoms with Crippen LogP contribution in [0.4, 0.5) is 5.69 Å². The van der Waals surface area contributed by atoms with Gasteiger partial charge in [0.15, 0.2) is 0 Å². The fraction of sp³-hybridized carbons (Fsp3) is 0. The van der Waals surface area contributed by atoms with E-state index in [-0.39, 0.29) is 5.91 Å². The molecule has 0 aliphatic carbocycles. The number of hydrogen-bond donors (Lipinski definition) is 3. The number of anilines is 1. The van der Waals surface area contributed by atoms with E-state index in [0.717, 1.165) is 38.6 Å². The molecule has 3 aromatic carbocycles. The van der Waals surface area contributed by atoms with E-state index in [0.29, 0.717) is 5.56 Å². The van der Waals surface area contributed by atoms with E-state index in [1.165, 1.54) is 0 Å². The molecule has 0 unspecified atom stereocenters. The minimum Gasteiger partial charge on any atom is -0.360 e. The molecule has 130 valence electrons. The van der Waals surface area contributed by atoms with Crippen LogP contribution in [0.2, 0.25) is 0 Å². The second kappa shape index (κ2) is 6.14. The predicted octanol–water partition coefficient (Wildman–Crippen LogP) is 4.96. The monoisotopic (exact) mass is 352 g/mol. The van der Waals surface area contributed by atoms with Crippen molar-refractivity contribution in [3.8, 4) is 11.1 Å². The summed E-state index contributed by atoms with van der Waals surface area (Å²) < 4.78 is 0. The van der Waals surface area contributed by atoms with E-state index in [9.17, 15) is 4.79 Å². The molecule has 5 heteroatoms. The molecular formula is C22H16N4O. The largest absolute Gasteiger partial charge is 0.360 e. The van der Waals surface area contributed by atoms with Gasteiger partial charge in [0.25, 0.3) is 5.91 Å². The van der Waals surface area contributed by atoms with Gasteiger partial charge in [0.05, 0.1) is 17.3 Å². The fourth-order valence-corrected chi connectivity index (χ4v) is 3.34. The number of amides is 1. The van der Waals surface area contributed by atoms with Crippen molar-refractivity contribution in [3.63, 3.8) is 0 Å². The first kappa shape index (κ1) is 15.4. The highest BCUT2D eigenvalue weighted by atomic mass is 16.1. The highest BCUT2D eigenvalue weighted by Gasteiger charge is 2.13. The number of aromatic amines is 2. The van der Waals surface area contributed by atoms with Crippen LogP contribution in [-0.4, -0.2) is 21.1 Å². The van der Waals surface area contributed by atoms with E-state index in [2.05, 4.69) is 38.7 Å². The Labute approximate surface area is 155 Å². The summed E-state index contributed by atoms with van der Waals surface area (Å²) in [5, 5.41) is 11.7. The van der Waals surface area contributed by atoms with Gasteiger partial charge in [-0.15, -0.1) is 0 Å². The summed E-state index contributed by atoms with van der Waals surface area (Å²) in [4.78, 5) is 16.0. The van der Waals surface area contributed by atoms with Gasteiger partial charge < -0.3 is 10.3 Å². The third-order valence-electron chi connectivity index (χ3n) is 4.73. The topological polar surface area (TPSA) is 73.6 Å². The third-order valence-corrected chi connectivity index (χ3v) is 4.73. The SMILES string of the molecule is O=C(Nc1ccc2[nH]ncc2c1)c1c[nH]c2cc(-c3ccccc3)ccc12. The minimum atomic E-state index is -0.142. The smallest absolute Gasteiger partial charge is 0.257 e. The number of hydrogen-bond acceptors (Lipinski definition) is 2. The van der Waals surface area contributed by atoms with Crippen molar-refractivity contribution < 1.29 is 4.79 Å². The molecule has 2 heterocycles. The molecule has 0 bridgehead atoms. The summed E-state index contributed by atoms with van der Waals surface area (Å²) in [6.45, 7) is 0. The molecule has 5 aromatic rings. The van der Waals surface area contributed by atoms with E-state index < -0.39 is 0 Å². The number of benzene rings is 3. The highest BCUT2D eigenvalue weighted by Crippen LogP contribution is 2.26. The Bertz CT molecular complexity index is 1270. The number of carbonyl (C=O) groups is 1. The molecule has 0 aliphatic heterocycles. The Kier molecular flexibility index (Phi) is 3.50. The molecule has 5 nitrogen and oxygen atoms in total. The van der Waals surface area contributed by atoms with Crippen molar-refractivity contribution in [2.75, 3.05) is 5.32 Å². The van der Waals surface area contributed by atoms with Crippen LogP contribution in [0, 0.1) is 0 Å².